The minimum absolute atomic E-state index is 0.0959. The van der Waals surface area contributed by atoms with Crippen molar-refractivity contribution in [1.82, 2.24) is 0 Å². The molecule has 0 bridgehead atoms. The number of alkyl halides is 1. The van der Waals surface area contributed by atoms with Crippen LogP contribution in [0.25, 0.3) is 0 Å². The van der Waals surface area contributed by atoms with E-state index in [-0.39, 0.29) is 5.38 Å². The summed E-state index contributed by atoms with van der Waals surface area (Å²) in [6, 6.07) is 8.29. The number of halogens is 1. The van der Waals surface area contributed by atoms with Crippen molar-refractivity contribution in [2.45, 2.75) is 24.6 Å². The van der Waals surface area contributed by atoms with Crippen molar-refractivity contribution < 1.29 is 9.47 Å². The fourth-order valence-corrected chi connectivity index (χ4v) is 4.45. The first-order valence-corrected chi connectivity index (χ1v) is 8.21. The molecule has 0 fully saturated rings. The fraction of sp³-hybridized carbons (Fsp3) is 0.375. The topological polar surface area (TPSA) is 18.5 Å². The van der Waals surface area contributed by atoms with Crippen molar-refractivity contribution >= 4 is 22.9 Å². The van der Waals surface area contributed by atoms with E-state index in [4.69, 9.17) is 21.1 Å². The summed E-state index contributed by atoms with van der Waals surface area (Å²) < 4.78 is 11.2. The van der Waals surface area contributed by atoms with Crippen LogP contribution in [0.3, 0.4) is 0 Å². The number of aryl methyl sites for hydroxylation is 2. The molecule has 2 nitrogen and oxygen atoms in total. The van der Waals surface area contributed by atoms with E-state index in [0.717, 1.165) is 17.1 Å². The van der Waals surface area contributed by atoms with Gasteiger partial charge >= 0.3 is 0 Å². The molecule has 20 heavy (non-hydrogen) atoms. The van der Waals surface area contributed by atoms with Gasteiger partial charge in [0.05, 0.1) is 5.38 Å². The molecule has 2 aliphatic rings. The van der Waals surface area contributed by atoms with Crippen LogP contribution in [0.1, 0.15) is 32.7 Å². The van der Waals surface area contributed by atoms with E-state index in [1.165, 1.54) is 34.6 Å². The molecular weight excluding hydrogens is 292 g/mol. The molecule has 0 amide bonds. The Morgan fingerprint density at radius 2 is 1.90 bits per heavy atom. The van der Waals surface area contributed by atoms with E-state index in [0.29, 0.717) is 13.2 Å². The number of benzene rings is 1. The molecule has 1 aromatic heterocycles. The number of thiophene rings is 1. The molecule has 0 saturated heterocycles. The highest BCUT2D eigenvalue weighted by Gasteiger charge is 2.21. The lowest BCUT2D eigenvalue weighted by molar-refractivity contribution is 0.171. The second-order valence-corrected chi connectivity index (χ2v) is 6.82. The van der Waals surface area contributed by atoms with Gasteiger partial charge in [0, 0.05) is 9.75 Å². The molecule has 0 N–H and O–H groups in total. The van der Waals surface area contributed by atoms with Crippen LogP contribution >= 0.6 is 22.9 Å². The fourth-order valence-electron chi connectivity index (χ4n) is 2.86. The van der Waals surface area contributed by atoms with Crippen LogP contribution in [0.15, 0.2) is 24.3 Å². The summed E-state index contributed by atoms with van der Waals surface area (Å²) in [6.45, 7) is 1.23. The van der Waals surface area contributed by atoms with Gasteiger partial charge in [-0.3, -0.25) is 0 Å². The van der Waals surface area contributed by atoms with E-state index in [2.05, 4.69) is 6.07 Å². The Morgan fingerprint density at radius 3 is 2.75 bits per heavy atom. The average molecular weight is 307 g/mol. The summed E-state index contributed by atoms with van der Waals surface area (Å²) in [5.41, 5.74) is 2.57. The summed E-state index contributed by atoms with van der Waals surface area (Å²) in [6.07, 6.45) is 3.71. The zero-order chi connectivity index (χ0) is 13.5. The highest BCUT2D eigenvalue weighted by molar-refractivity contribution is 7.12. The smallest absolute Gasteiger partial charge is 0.161 e. The number of ether oxygens (including phenoxy) is 2. The molecule has 1 aliphatic heterocycles. The lowest BCUT2D eigenvalue weighted by Crippen LogP contribution is -2.15. The molecule has 4 heteroatoms. The lowest BCUT2D eigenvalue weighted by atomic mass is 10.1. The second kappa shape index (κ2) is 4.97. The number of hydrogen-bond acceptors (Lipinski definition) is 3. The molecule has 1 unspecified atom stereocenters. The lowest BCUT2D eigenvalue weighted by Gasteiger charge is -2.19. The molecule has 4 rings (SSSR count). The summed E-state index contributed by atoms with van der Waals surface area (Å²) in [4.78, 5) is 2.76. The van der Waals surface area contributed by atoms with E-state index in [9.17, 15) is 0 Å². The Morgan fingerprint density at radius 1 is 1.05 bits per heavy atom. The van der Waals surface area contributed by atoms with Gasteiger partial charge in [-0.1, -0.05) is 6.07 Å². The van der Waals surface area contributed by atoms with Crippen molar-refractivity contribution in [2.24, 2.45) is 0 Å². The Balaban J connectivity index is 1.65. The second-order valence-electron chi connectivity index (χ2n) is 5.22. The van der Waals surface area contributed by atoms with E-state index < -0.39 is 0 Å². The van der Waals surface area contributed by atoms with Crippen LogP contribution in [0.4, 0.5) is 0 Å². The van der Waals surface area contributed by atoms with Crippen molar-refractivity contribution in [3.05, 3.63) is 45.1 Å². The van der Waals surface area contributed by atoms with Gasteiger partial charge in [-0.15, -0.1) is 22.9 Å². The minimum Gasteiger partial charge on any atom is -0.486 e. The van der Waals surface area contributed by atoms with Gasteiger partial charge in [-0.2, -0.15) is 0 Å². The Labute approximate surface area is 127 Å². The van der Waals surface area contributed by atoms with Crippen molar-refractivity contribution in [3.63, 3.8) is 0 Å². The largest absolute Gasteiger partial charge is 0.486 e. The van der Waals surface area contributed by atoms with Crippen LogP contribution in [-0.4, -0.2) is 13.2 Å². The number of rotatable bonds is 2. The summed E-state index contributed by atoms with van der Waals surface area (Å²) >= 11 is 8.51. The number of hydrogen-bond donors (Lipinski definition) is 0. The first kappa shape index (κ1) is 12.5. The van der Waals surface area contributed by atoms with E-state index >= 15 is 0 Å². The maximum atomic E-state index is 6.65. The molecule has 1 aliphatic carbocycles. The van der Waals surface area contributed by atoms with Crippen LogP contribution < -0.4 is 9.47 Å². The number of fused-ring (bicyclic) bond motifs is 2. The van der Waals surface area contributed by atoms with Crippen molar-refractivity contribution in [3.8, 4) is 11.5 Å². The zero-order valence-electron chi connectivity index (χ0n) is 11.0. The molecule has 0 spiro atoms. The van der Waals surface area contributed by atoms with Crippen LogP contribution in [0, 0.1) is 0 Å². The predicted octanol–water partition coefficient (Wildman–Crippen LogP) is 4.34. The normalized spacial score (nSPS) is 17.9. The minimum atomic E-state index is -0.0959. The van der Waals surface area contributed by atoms with Gasteiger partial charge in [0.1, 0.15) is 13.2 Å². The van der Waals surface area contributed by atoms with E-state index in [1.54, 1.807) is 0 Å². The zero-order valence-corrected chi connectivity index (χ0v) is 12.6. The maximum Gasteiger partial charge on any atom is 0.161 e. The third-order valence-corrected chi connectivity index (χ3v) is 5.79. The first-order chi connectivity index (χ1) is 9.81. The Hall–Kier alpha value is -1.19. The highest BCUT2D eigenvalue weighted by Crippen LogP contribution is 2.41. The quantitative estimate of drug-likeness (QED) is 0.769. The third kappa shape index (κ3) is 2.09. The highest BCUT2D eigenvalue weighted by atomic mass is 35.5. The van der Waals surface area contributed by atoms with Crippen LogP contribution in [-0.2, 0) is 12.8 Å². The van der Waals surface area contributed by atoms with Gasteiger partial charge in [0.15, 0.2) is 11.5 Å². The summed E-state index contributed by atoms with van der Waals surface area (Å²) in [5.74, 6) is 1.63. The van der Waals surface area contributed by atoms with Gasteiger partial charge in [-0.25, -0.2) is 0 Å². The first-order valence-electron chi connectivity index (χ1n) is 6.96. The molecule has 104 valence electrons. The SMILES string of the molecule is ClC(c1ccc2c(c1)OCCO2)c1cc2c(s1)CCC2. The van der Waals surface area contributed by atoms with Gasteiger partial charge in [-0.05, 0) is 48.6 Å². The summed E-state index contributed by atoms with van der Waals surface area (Å²) in [5, 5.41) is -0.0959. The van der Waals surface area contributed by atoms with Gasteiger partial charge in [0.25, 0.3) is 0 Å². The van der Waals surface area contributed by atoms with Crippen molar-refractivity contribution in [2.75, 3.05) is 13.2 Å². The molecule has 1 atom stereocenters. The monoisotopic (exact) mass is 306 g/mol. The van der Waals surface area contributed by atoms with E-state index in [1.807, 2.05) is 29.5 Å². The molecule has 0 radical (unpaired) electrons. The molecule has 2 aromatic rings. The molecule has 1 aromatic carbocycles. The average Bonchev–Trinajstić information content (AvgIpc) is 3.07. The predicted molar refractivity (Wildman–Crippen MR) is 81.5 cm³/mol. The van der Waals surface area contributed by atoms with Crippen molar-refractivity contribution in [1.29, 1.82) is 0 Å². The molecule has 0 saturated carbocycles. The van der Waals surface area contributed by atoms with Crippen LogP contribution in [0.2, 0.25) is 0 Å². The maximum absolute atomic E-state index is 6.65. The molecular formula is C16H15ClO2S. The Bertz CT molecular complexity index is 628. The summed E-state index contributed by atoms with van der Waals surface area (Å²) in [7, 11) is 0. The standard InChI is InChI=1S/C16H15ClO2S/c17-16(15-9-10-2-1-3-14(10)20-15)11-4-5-12-13(8-11)19-7-6-18-12/h4-5,8-9,16H,1-3,6-7H2. The van der Waals surface area contributed by atoms with Gasteiger partial charge < -0.3 is 9.47 Å². The Kier molecular flexibility index (Phi) is 3.12. The van der Waals surface area contributed by atoms with Crippen LogP contribution in [0.5, 0.6) is 11.5 Å². The van der Waals surface area contributed by atoms with Gasteiger partial charge in [0.2, 0.25) is 0 Å². The third-order valence-electron chi connectivity index (χ3n) is 3.87. The molecule has 2 heterocycles.